The van der Waals surface area contributed by atoms with Crippen LogP contribution in [0, 0.1) is 3.57 Å². The predicted molar refractivity (Wildman–Crippen MR) is 49.1 cm³/mol. The van der Waals surface area contributed by atoms with Gasteiger partial charge in [-0.05, 0) is 34.7 Å². The van der Waals surface area contributed by atoms with Gasteiger partial charge in [-0.2, -0.15) is 22.0 Å². The maximum Gasteiger partial charge on any atom is 0.458 e. The monoisotopic (exact) mass is 322 g/mol. The SMILES string of the molecule is FC(F)(F)C(F)(F)c1cccc(I)c1. The summed E-state index contributed by atoms with van der Waals surface area (Å²) in [7, 11) is 0. The van der Waals surface area contributed by atoms with Crippen LogP contribution in [0.4, 0.5) is 22.0 Å². The van der Waals surface area contributed by atoms with Crippen LogP contribution in [0.2, 0.25) is 0 Å². The minimum Gasteiger partial charge on any atom is -0.191 e. The molecule has 0 heterocycles. The molecule has 1 rings (SSSR count). The third-order valence-electron chi connectivity index (χ3n) is 1.54. The summed E-state index contributed by atoms with van der Waals surface area (Å²) in [6.45, 7) is 0. The highest BCUT2D eigenvalue weighted by atomic mass is 127. The molecule has 0 radical (unpaired) electrons. The van der Waals surface area contributed by atoms with Crippen LogP contribution in [0.1, 0.15) is 5.56 Å². The molecule has 78 valence electrons. The summed E-state index contributed by atoms with van der Waals surface area (Å²) in [4.78, 5) is 0. The third-order valence-corrected chi connectivity index (χ3v) is 2.21. The molecule has 1 aromatic rings. The maximum absolute atomic E-state index is 12.7. The lowest BCUT2D eigenvalue weighted by atomic mass is 10.1. The van der Waals surface area contributed by atoms with Gasteiger partial charge in [0, 0.05) is 9.13 Å². The van der Waals surface area contributed by atoms with Crippen molar-refractivity contribution in [3.05, 3.63) is 33.4 Å². The Kier molecular flexibility index (Phi) is 3.03. The molecule has 0 fully saturated rings. The fraction of sp³-hybridized carbons (Fsp3) is 0.250. The van der Waals surface area contributed by atoms with E-state index in [0.717, 1.165) is 18.2 Å². The van der Waals surface area contributed by atoms with E-state index in [4.69, 9.17) is 0 Å². The molecule has 0 nitrogen and oxygen atoms in total. The maximum atomic E-state index is 12.7. The van der Waals surface area contributed by atoms with Crippen LogP contribution < -0.4 is 0 Å². The van der Waals surface area contributed by atoms with Gasteiger partial charge >= 0.3 is 12.1 Å². The van der Waals surface area contributed by atoms with Crippen LogP contribution in [-0.4, -0.2) is 6.18 Å². The van der Waals surface area contributed by atoms with Crippen molar-refractivity contribution < 1.29 is 22.0 Å². The first-order chi connectivity index (χ1) is 6.25. The molecule has 14 heavy (non-hydrogen) atoms. The smallest absolute Gasteiger partial charge is 0.191 e. The zero-order valence-electron chi connectivity index (χ0n) is 6.58. The molecule has 0 N–H and O–H groups in total. The Hall–Kier alpha value is -0.400. The van der Waals surface area contributed by atoms with Crippen LogP contribution >= 0.6 is 22.6 Å². The standard InChI is InChI=1S/C8H4F5I/c9-7(10,8(11,12)13)5-2-1-3-6(14)4-5/h1-4H. The molecular weight excluding hydrogens is 318 g/mol. The van der Waals surface area contributed by atoms with Crippen molar-refractivity contribution in [2.45, 2.75) is 12.1 Å². The number of rotatable bonds is 1. The number of alkyl halides is 5. The Labute approximate surface area is 90.3 Å². The molecule has 0 atom stereocenters. The number of halogens is 6. The molecule has 0 saturated carbocycles. The van der Waals surface area contributed by atoms with E-state index < -0.39 is 17.7 Å². The van der Waals surface area contributed by atoms with Gasteiger partial charge < -0.3 is 0 Å². The number of benzene rings is 1. The second-order valence-corrected chi connectivity index (χ2v) is 3.83. The second-order valence-electron chi connectivity index (χ2n) is 2.58. The van der Waals surface area contributed by atoms with Crippen molar-refractivity contribution in [2.75, 3.05) is 0 Å². The topological polar surface area (TPSA) is 0 Å². The summed E-state index contributed by atoms with van der Waals surface area (Å²) in [5.41, 5.74) is -1.03. The zero-order valence-corrected chi connectivity index (χ0v) is 8.73. The highest BCUT2D eigenvalue weighted by molar-refractivity contribution is 14.1. The van der Waals surface area contributed by atoms with Crippen LogP contribution in [-0.2, 0) is 5.92 Å². The molecular formula is C8H4F5I. The van der Waals surface area contributed by atoms with Gasteiger partial charge in [-0.25, -0.2) is 0 Å². The predicted octanol–water partition coefficient (Wildman–Crippen LogP) is 3.95. The summed E-state index contributed by atoms with van der Waals surface area (Å²) >= 11 is 1.67. The lowest BCUT2D eigenvalue weighted by molar-refractivity contribution is -0.289. The van der Waals surface area contributed by atoms with Crippen molar-refractivity contribution >= 4 is 22.6 Å². The first-order valence-electron chi connectivity index (χ1n) is 3.46. The highest BCUT2D eigenvalue weighted by Crippen LogP contribution is 2.43. The first kappa shape index (κ1) is 11.7. The Morgan fingerprint density at radius 1 is 1.00 bits per heavy atom. The Balaban J connectivity index is 3.16. The van der Waals surface area contributed by atoms with E-state index in [0.29, 0.717) is 3.57 Å². The zero-order chi connectivity index (χ0) is 11.0. The van der Waals surface area contributed by atoms with Gasteiger partial charge in [0.25, 0.3) is 0 Å². The minimum absolute atomic E-state index is 0.337. The molecule has 0 unspecified atom stereocenters. The fourth-order valence-electron chi connectivity index (χ4n) is 0.847. The van der Waals surface area contributed by atoms with E-state index in [9.17, 15) is 22.0 Å². The molecule has 1 aromatic carbocycles. The lowest BCUT2D eigenvalue weighted by Gasteiger charge is -2.19. The van der Waals surface area contributed by atoms with Gasteiger partial charge in [0.1, 0.15) is 0 Å². The fourth-order valence-corrected chi connectivity index (χ4v) is 1.39. The molecule has 0 aliphatic rings. The van der Waals surface area contributed by atoms with E-state index in [2.05, 4.69) is 0 Å². The normalized spacial score (nSPS) is 13.0. The minimum atomic E-state index is -5.54. The molecule has 0 aromatic heterocycles. The van der Waals surface area contributed by atoms with E-state index in [1.807, 2.05) is 0 Å². The van der Waals surface area contributed by atoms with Gasteiger partial charge in [0.2, 0.25) is 0 Å². The van der Waals surface area contributed by atoms with E-state index >= 15 is 0 Å². The van der Waals surface area contributed by atoms with Crippen LogP contribution in [0.15, 0.2) is 24.3 Å². The number of hydrogen-bond donors (Lipinski definition) is 0. The summed E-state index contributed by atoms with van der Waals surface area (Å²) < 4.78 is 61.5. The van der Waals surface area contributed by atoms with E-state index in [1.165, 1.54) is 6.07 Å². The van der Waals surface area contributed by atoms with Crippen molar-refractivity contribution in [1.82, 2.24) is 0 Å². The Morgan fingerprint density at radius 3 is 2.00 bits per heavy atom. The largest absolute Gasteiger partial charge is 0.458 e. The molecule has 0 bridgehead atoms. The molecule has 0 aliphatic carbocycles. The van der Waals surface area contributed by atoms with E-state index in [1.54, 1.807) is 22.6 Å². The van der Waals surface area contributed by atoms with Crippen LogP contribution in [0.5, 0.6) is 0 Å². The van der Waals surface area contributed by atoms with Gasteiger partial charge in [0.05, 0.1) is 0 Å². The van der Waals surface area contributed by atoms with Crippen molar-refractivity contribution in [2.24, 2.45) is 0 Å². The first-order valence-corrected chi connectivity index (χ1v) is 4.53. The Morgan fingerprint density at radius 2 is 1.57 bits per heavy atom. The molecule has 0 aliphatic heterocycles. The van der Waals surface area contributed by atoms with Crippen molar-refractivity contribution in [1.29, 1.82) is 0 Å². The molecule has 6 heteroatoms. The summed E-state index contributed by atoms with van der Waals surface area (Å²) in [5.74, 6) is -4.78. The molecule has 0 spiro atoms. The number of hydrogen-bond acceptors (Lipinski definition) is 0. The van der Waals surface area contributed by atoms with E-state index in [-0.39, 0.29) is 0 Å². The van der Waals surface area contributed by atoms with Crippen molar-refractivity contribution in [3.63, 3.8) is 0 Å². The summed E-state index contributed by atoms with van der Waals surface area (Å²) in [6, 6.07) is 4.18. The average molecular weight is 322 g/mol. The van der Waals surface area contributed by atoms with Gasteiger partial charge in [-0.3, -0.25) is 0 Å². The third kappa shape index (κ3) is 2.15. The summed E-state index contributed by atoms with van der Waals surface area (Å²) in [6.07, 6.45) is -5.54. The molecule has 0 amide bonds. The quantitative estimate of drug-likeness (QED) is 0.543. The van der Waals surface area contributed by atoms with Gasteiger partial charge in [0.15, 0.2) is 0 Å². The average Bonchev–Trinajstić information content (AvgIpc) is 2.02. The van der Waals surface area contributed by atoms with Crippen LogP contribution in [0.25, 0.3) is 0 Å². The van der Waals surface area contributed by atoms with Gasteiger partial charge in [-0.1, -0.05) is 12.1 Å². The lowest BCUT2D eigenvalue weighted by Crippen LogP contribution is -2.33. The second kappa shape index (κ2) is 3.63. The van der Waals surface area contributed by atoms with Crippen LogP contribution in [0.3, 0.4) is 0 Å². The summed E-state index contributed by atoms with van der Waals surface area (Å²) in [5, 5.41) is 0. The Bertz CT molecular complexity index is 331. The highest BCUT2D eigenvalue weighted by Gasteiger charge is 2.58. The molecule has 0 saturated heterocycles. The van der Waals surface area contributed by atoms with Gasteiger partial charge in [-0.15, -0.1) is 0 Å². The van der Waals surface area contributed by atoms with Crippen molar-refractivity contribution in [3.8, 4) is 0 Å².